The van der Waals surface area contributed by atoms with Crippen LogP contribution in [0.2, 0.25) is 0 Å². The van der Waals surface area contributed by atoms with E-state index in [0.717, 1.165) is 15.9 Å². The summed E-state index contributed by atoms with van der Waals surface area (Å²) in [6, 6.07) is 16.1. The Balaban J connectivity index is 1.34. The maximum absolute atomic E-state index is 13.2. The maximum Gasteiger partial charge on any atom is 0.280 e. The Kier molecular flexibility index (Phi) is 5.10. The van der Waals surface area contributed by atoms with Gasteiger partial charge in [-0.15, -0.1) is 0 Å². The second-order valence-corrected chi connectivity index (χ2v) is 8.44. The van der Waals surface area contributed by atoms with E-state index in [0.29, 0.717) is 48.8 Å². The van der Waals surface area contributed by atoms with Crippen molar-refractivity contribution in [1.82, 2.24) is 9.27 Å². The van der Waals surface area contributed by atoms with Crippen molar-refractivity contribution in [1.29, 1.82) is 0 Å². The van der Waals surface area contributed by atoms with E-state index in [9.17, 15) is 14.9 Å². The Hall–Kier alpha value is -3.72. The maximum atomic E-state index is 13.2. The first-order valence-electron chi connectivity index (χ1n) is 10.3. The van der Waals surface area contributed by atoms with Gasteiger partial charge < -0.3 is 14.2 Å². The van der Waals surface area contributed by atoms with Crippen LogP contribution in [0.15, 0.2) is 59.0 Å². The highest BCUT2D eigenvalue weighted by Crippen LogP contribution is 2.33. The van der Waals surface area contributed by atoms with Gasteiger partial charge >= 0.3 is 0 Å². The molecule has 5 rings (SSSR count). The molecule has 1 aliphatic heterocycles. The molecule has 1 amide bonds. The van der Waals surface area contributed by atoms with Gasteiger partial charge in [-0.3, -0.25) is 14.9 Å². The molecule has 9 heteroatoms. The minimum Gasteiger partial charge on any atom is -0.460 e. The smallest absolute Gasteiger partial charge is 0.280 e. The van der Waals surface area contributed by atoms with E-state index in [1.807, 2.05) is 12.1 Å². The number of hydrogen-bond donors (Lipinski definition) is 0. The van der Waals surface area contributed by atoms with E-state index >= 15 is 0 Å². The van der Waals surface area contributed by atoms with E-state index in [1.165, 1.54) is 17.6 Å². The zero-order chi connectivity index (χ0) is 22.2. The molecule has 3 heterocycles. The molecule has 0 N–H and O–H groups in total. The molecule has 0 unspecified atom stereocenters. The predicted octanol–water partition coefficient (Wildman–Crippen LogP) is 4.74. The molecule has 0 bridgehead atoms. The third-order valence-corrected chi connectivity index (χ3v) is 6.56. The molecular formula is C23H20N4O4S. The van der Waals surface area contributed by atoms with Crippen molar-refractivity contribution in [3.8, 4) is 11.3 Å². The van der Waals surface area contributed by atoms with E-state index in [4.69, 9.17) is 4.42 Å². The lowest BCUT2D eigenvalue weighted by molar-refractivity contribution is -0.384. The van der Waals surface area contributed by atoms with Gasteiger partial charge in [0.25, 0.3) is 11.6 Å². The number of carbonyl (C=O) groups excluding carboxylic acids is 1. The third kappa shape index (κ3) is 3.50. The van der Waals surface area contributed by atoms with Crippen LogP contribution in [0, 0.1) is 17.0 Å². The number of amides is 1. The van der Waals surface area contributed by atoms with Crippen LogP contribution in [0.3, 0.4) is 0 Å². The summed E-state index contributed by atoms with van der Waals surface area (Å²) in [7, 11) is 0. The fourth-order valence-corrected chi connectivity index (χ4v) is 4.86. The average Bonchev–Trinajstić information content (AvgIpc) is 3.42. The number of aryl methyl sites for hydroxylation is 1. The lowest BCUT2D eigenvalue weighted by Gasteiger charge is -2.35. The molecule has 0 spiro atoms. The lowest BCUT2D eigenvalue weighted by Crippen LogP contribution is -2.49. The Bertz CT molecular complexity index is 1320. The number of rotatable bonds is 4. The summed E-state index contributed by atoms with van der Waals surface area (Å²) < 4.78 is 11.5. The minimum absolute atomic E-state index is 0.0515. The summed E-state index contributed by atoms with van der Waals surface area (Å²) >= 11 is 1.48. The summed E-state index contributed by atoms with van der Waals surface area (Å²) in [6.07, 6.45) is 0. The van der Waals surface area contributed by atoms with Crippen molar-refractivity contribution in [2.45, 2.75) is 6.92 Å². The quantitative estimate of drug-likeness (QED) is 0.331. The van der Waals surface area contributed by atoms with Crippen LogP contribution >= 0.6 is 11.5 Å². The molecule has 1 saturated heterocycles. The molecule has 0 atom stereocenters. The molecule has 1 fully saturated rings. The van der Waals surface area contributed by atoms with Crippen LogP contribution in [0.25, 0.3) is 21.4 Å². The van der Waals surface area contributed by atoms with Crippen molar-refractivity contribution in [3.63, 3.8) is 0 Å². The fraction of sp³-hybridized carbons (Fsp3) is 0.217. The Labute approximate surface area is 188 Å². The highest BCUT2D eigenvalue weighted by atomic mass is 32.1. The normalized spacial score (nSPS) is 14.2. The number of hydrogen-bond acceptors (Lipinski definition) is 7. The number of nitro benzene ring substituents is 1. The number of piperazine rings is 1. The van der Waals surface area contributed by atoms with Crippen molar-refractivity contribution in [3.05, 3.63) is 76.0 Å². The monoisotopic (exact) mass is 448 g/mol. The molecule has 8 nitrogen and oxygen atoms in total. The van der Waals surface area contributed by atoms with E-state index in [2.05, 4.69) is 21.4 Å². The Morgan fingerprint density at radius 3 is 2.59 bits per heavy atom. The predicted molar refractivity (Wildman–Crippen MR) is 123 cm³/mol. The van der Waals surface area contributed by atoms with Gasteiger partial charge in [0.05, 0.1) is 20.8 Å². The molecular weight excluding hydrogens is 428 g/mol. The standard InChI is InChI=1S/C23H20N4O4S/c1-15-18(14-20(31-15)16-6-2-4-8-19(16)27(29)30)23(28)26-12-10-25(11-13-26)22-17-7-3-5-9-21(17)32-24-22/h2-9,14H,10-13H2,1H3. The number of aromatic nitrogens is 1. The highest BCUT2D eigenvalue weighted by Gasteiger charge is 2.28. The minimum atomic E-state index is -0.448. The van der Waals surface area contributed by atoms with E-state index < -0.39 is 4.92 Å². The van der Waals surface area contributed by atoms with Crippen molar-refractivity contribution in [2.24, 2.45) is 0 Å². The number of benzene rings is 2. The van der Waals surface area contributed by atoms with Crippen LogP contribution in [0.4, 0.5) is 11.5 Å². The van der Waals surface area contributed by atoms with Gasteiger partial charge in [0.15, 0.2) is 0 Å². The van der Waals surface area contributed by atoms with Gasteiger partial charge in [-0.05, 0) is 42.7 Å². The van der Waals surface area contributed by atoms with Crippen LogP contribution in [-0.2, 0) is 0 Å². The average molecular weight is 449 g/mol. The molecule has 2 aromatic carbocycles. The van der Waals surface area contributed by atoms with Crippen molar-refractivity contribution < 1.29 is 14.1 Å². The number of carbonyl (C=O) groups is 1. The van der Waals surface area contributed by atoms with Crippen LogP contribution in [-0.4, -0.2) is 46.3 Å². The summed E-state index contributed by atoms with van der Waals surface area (Å²) in [5, 5.41) is 12.5. The first-order valence-corrected chi connectivity index (χ1v) is 11.0. The van der Waals surface area contributed by atoms with Gasteiger partial charge in [0, 0.05) is 37.6 Å². The summed E-state index contributed by atoms with van der Waals surface area (Å²) in [5.41, 5.74) is 0.745. The number of anilines is 1. The summed E-state index contributed by atoms with van der Waals surface area (Å²) in [6.45, 7) is 4.22. The van der Waals surface area contributed by atoms with Crippen LogP contribution < -0.4 is 4.90 Å². The lowest BCUT2D eigenvalue weighted by atomic mass is 10.1. The molecule has 0 saturated carbocycles. The first kappa shape index (κ1) is 20.2. The molecule has 162 valence electrons. The van der Waals surface area contributed by atoms with Gasteiger partial charge in [0.2, 0.25) is 0 Å². The third-order valence-electron chi connectivity index (χ3n) is 5.74. The first-order chi connectivity index (χ1) is 15.5. The van der Waals surface area contributed by atoms with Gasteiger partial charge in [-0.2, -0.15) is 4.37 Å². The SMILES string of the molecule is Cc1oc(-c2ccccc2[N+](=O)[O-])cc1C(=O)N1CCN(c2nsc3ccccc23)CC1. The van der Waals surface area contributed by atoms with E-state index in [-0.39, 0.29) is 11.6 Å². The van der Waals surface area contributed by atoms with E-state index in [1.54, 1.807) is 36.1 Å². The van der Waals surface area contributed by atoms with Crippen molar-refractivity contribution >= 4 is 39.0 Å². The second kappa shape index (κ2) is 8.08. The van der Waals surface area contributed by atoms with Crippen LogP contribution in [0.5, 0.6) is 0 Å². The highest BCUT2D eigenvalue weighted by molar-refractivity contribution is 7.13. The molecule has 32 heavy (non-hydrogen) atoms. The fourth-order valence-electron chi connectivity index (χ4n) is 4.06. The zero-order valence-electron chi connectivity index (χ0n) is 17.4. The number of nitrogens with zero attached hydrogens (tertiary/aromatic N) is 4. The second-order valence-electron chi connectivity index (χ2n) is 7.64. The number of furan rings is 1. The van der Waals surface area contributed by atoms with Crippen molar-refractivity contribution in [2.75, 3.05) is 31.1 Å². The molecule has 2 aromatic heterocycles. The topological polar surface area (TPSA) is 92.7 Å². The number of para-hydroxylation sites is 1. The van der Waals surface area contributed by atoms with Crippen LogP contribution in [0.1, 0.15) is 16.1 Å². The largest absolute Gasteiger partial charge is 0.460 e. The molecule has 1 aliphatic rings. The summed E-state index contributed by atoms with van der Waals surface area (Å²) in [5.74, 6) is 1.62. The van der Waals surface area contributed by atoms with Gasteiger partial charge in [-0.1, -0.05) is 24.3 Å². The van der Waals surface area contributed by atoms with Gasteiger partial charge in [0.1, 0.15) is 17.3 Å². The molecule has 0 radical (unpaired) electrons. The zero-order valence-corrected chi connectivity index (χ0v) is 18.2. The van der Waals surface area contributed by atoms with Gasteiger partial charge in [-0.25, -0.2) is 0 Å². The Morgan fingerprint density at radius 1 is 1.09 bits per heavy atom. The number of fused-ring (bicyclic) bond motifs is 1. The molecule has 0 aliphatic carbocycles. The summed E-state index contributed by atoms with van der Waals surface area (Å²) in [4.78, 5) is 28.1. The molecule has 4 aromatic rings. The Morgan fingerprint density at radius 2 is 1.81 bits per heavy atom. The number of nitro groups is 1.